The third kappa shape index (κ3) is 6.49. The van der Waals surface area contributed by atoms with E-state index in [1.165, 1.54) is 39.0 Å². The molecule has 4 aromatic rings. The molecule has 1 aromatic heterocycles. The van der Waals surface area contributed by atoms with E-state index in [1.54, 1.807) is 0 Å². The van der Waals surface area contributed by atoms with E-state index in [0.29, 0.717) is 0 Å². The van der Waals surface area contributed by atoms with Crippen LogP contribution in [0.1, 0.15) is 80.5 Å². The normalized spacial score (nSPS) is 12.1. The molecule has 1 nitrogen and oxygen atoms in total. The lowest BCUT2D eigenvalue weighted by Gasteiger charge is -2.21. The van der Waals surface area contributed by atoms with Crippen molar-refractivity contribution in [2.45, 2.75) is 52.4 Å². The van der Waals surface area contributed by atoms with Gasteiger partial charge in [-0.25, -0.2) is 0 Å². The number of nitrogens with zero attached hydrogens (tertiary/aromatic N) is 1. The average Bonchev–Trinajstić information content (AvgIpc) is 2.86. The zero-order valence-electron chi connectivity index (χ0n) is 22.4. The van der Waals surface area contributed by atoms with E-state index in [-0.39, 0.29) is 10.8 Å². The monoisotopic (exact) mass is 471 g/mol. The SMILES string of the molecule is CC(C)(C)c1ccc(C(=Cc2ccc(C=Cc3ccncc3)cc2)c2ccc(C(C)(C)C)cc2)cc1. The number of benzene rings is 3. The maximum atomic E-state index is 4.08. The van der Waals surface area contributed by atoms with Crippen LogP contribution in [0.4, 0.5) is 0 Å². The summed E-state index contributed by atoms with van der Waals surface area (Å²) in [5, 5.41) is 0. The largest absolute Gasteiger partial charge is 0.265 e. The van der Waals surface area contributed by atoms with Gasteiger partial charge in [0.05, 0.1) is 0 Å². The fourth-order valence-corrected chi connectivity index (χ4v) is 4.17. The van der Waals surface area contributed by atoms with Crippen molar-refractivity contribution < 1.29 is 0 Å². The second-order valence-electron chi connectivity index (χ2n) is 11.5. The molecule has 36 heavy (non-hydrogen) atoms. The number of hydrogen-bond donors (Lipinski definition) is 0. The molecule has 0 aliphatic heterocycles. The molecule has 0 saturated carbocycles. The Morgan fingerprint density at radius 3 is 1.31 bits per heavy atom. The highest BCUT2D eigenvalue weighted by Gasteiger charge is 2.16. The van der Waals surface area contributed by atoms with Gasteiger partial charge in [-0.2, -0.15) is 0 Å². The van der Waals surface area contributed by atoms with Crippen molar-refractivity contribution >= 4 is 23.8 Å². The van der Waals surface area contributed by atoms with Gasteiger partial charge >= 0.3 is 0 Å². The molecule has 0 spiro atoms. The van der Waals surface area contributed by atoms with Crippen LogP contribution in [0.2, 0.25) is 0 Å². The van der Waals surface area contributed by atoms with Gasteiger partial charge in [0.1, 0.15) is 0 Å². The van der Waals surface area contributed by atoms with Crippen LogP contribution in [0.3, 0.4) is 0 Å². The first kappa shape index (κ1) is 25.4. The van der Waals surface area contributed by atoms with Crippen molar-refractivity contribution in [1.29, 1.82) is 0 Å². The van der Waals surface area contributed by atoms with Crippen LogP contribution in [0.15, 0.2) is 97.3 Å². The predicted octanol–water partition coefficient (Wildman–Crippen LogP) is 9.44. The van der Waals surface area contributed by atoms with Crippen LogP contribution < -0.4 is 0 Å². The fraction of sp³-hybridized carbons (Fsp3) is 0.229. The Morgan fingerprint density at radius 1 is 0.500 bits per heavy atom. The number of pyridine rings is 1. The molecule has 182 valence electrons. The molecular formula is C35H37N. The molecule has 3 aromatic carbocycles. The highest BCUT2D eigenvalue weighted by molar-refractivity contribution is 5.91. The Kier molecular flexibility index (Phi) is 7.40. The molecule has 0 radical (unpaired) electrons. The highest BCUT2D eigenvalue weighted by Crippen LogP contribution is 2.31. The molecule has 0 fully saturated rings. The minimum atomic E-state index is 0.135. The lowest BCUT2D eigenvalue weighted by molar-refractivity contribution is 0.590. The quantitative estimate of drug-likeness (QED) is 0.264. The van der Waals surface area contributed by atoms with E-state index < -0.39 is 0 Å². The Labute approximate surface area is 217 Å². The van der Waals surface area contributed by atoms with Gasteiger partial charge in [0.15, 0.2) is 0 Å². The number of hydrogen-bond acceptors (Lipinski definition) is 1. The minimum Gasteiger partial charge on any atom is -0.265 e. The Morgan fingerprint density at radius 2 is 0.889 bits per heavy atom. The Hall–Kier alpha value is -3.71. The lowest BCUT2D eigenvalue weighted by atomic mass is 9.84. The topological polar surface area (TPSA) is 12.9 Å². The third-order valence-electron chi connectivity index (χ3n) is 6.55. The summed E-state index contributed by atoms with van der Waals surface area (Å²) in [6.07, 6.45) is 10.2. The zero-order chi connectivity index (χ0) is 25.8. The van der Waals surface area contributed by atoms with Crippen molar-refractivity contribution in [3.05, 3.63) is 136 Å². The minimum absolute atomic E-state index is 0.135. The van der Waals surface area contributed by atoms with E-state index in [1.807, 2.05) is 24.5 Å². The van der Waals surface area contributed by atoms with E-state index in [2.05, 4.69) is 138 Å². The van der Waals surface area contributed by atoms with Gasteiger partial charge in [0, 0.05) is 12.4 Å². The predicted molar refractivity (Wildman–Crippen MR) is 157 cm³/mol. The zero-order valence-corrected chi connectivity index (χ0v) is 22.4. The third-order valence-corrected chi connectivity index (χ3v) is 6.55. The molecular weight excluding hydrogens is 434 g/mol. The molecule has 0 aliphatic carbocycles. The van der Waals surface area contributed by atoms with Crippen molar-refractivity contribution in [3.63, 3.8) is 0 Å². The van der Waals surface area contributed by atoms with Crippen LogP contribution in [0, 0.1) is 0 Å². The van der Waals surface area contributed by atoms with Crippen LogP contribution in [0.5, 0.6) is 0 Å². The van der Waals surface area contributed by atoms with Crippen LogP contribution in [-0.2, 0) is 10.8 Å². The molecule has 1 heterocycles. The van der Waals surface area contributed by atoms with Gasteiger partial charge in [-0.3, -0.25) is 4.98 Å². The number of rotatable bonds is 5. The van der Waals surface area contributed by atoms with E-state index in [0.717, 1.165) is 5.56 Å². The summed E-state index contributed by atoms with van der Waals surface area (Å²) in [5.74, 6) is 0. The first-order chi connectivity index (χ1) is 17.1. The molecule has 1 heteroatoms. The van der Waals surface area contributed by atoms with E-state index >= 15 is 0 Å². The summed E-state index contributed by atoms with van der Waals surface area (Å²) in [6, 6.07) is 30.8. The lowest BCUT2D eigenvalue weighted by Crippen LogP contribution is -2.11. The molecule has 0 atom stereocenters. The van der Waals surface area contributed by atoms with Crippen molar-refractivity contribution in [2.24, 2.45) is 0 Å². The molecule has 0 amide bonds. The van der Waals surface area contributed by atoms with Gasteiger partial charge < -0.3 is 0 Å². The maximum absolute atomic E-state index is 4.08. The van der Waals surface area contributed by atoms with Crippen molar-refractivity contribution in [2.75, 3.05) is 0 Å². The van der Waals surface area contributed by atoms with Crippen LogP contribution in [-0.4, -0.2) is 4.98 Å². The first-order valence-electron chi connectivity index (χ1n) is 12.7. The van der Waals surface area contributed by atoms with Gasteiger partial charge in [0.25, 0.3) is 0 Å². The molecule has 0 aliphatic rings. The van der Waals surface area contributed by atoms with Crippen molar-refractivity contribution in [1.82, 2.24) is 4.98 Å². The Balaban J connectivity index is 1.68. The number of aromatic nitrogens is 1. The summed E-state index contributed by atoms with van der Waals surface area (Å²) < 4.78 is 0. The van der Waals surface area contributed by atoms with Crippen LogP contribution in [0.25, 0.3) is 23.8 Å². The van der Waals surface area contributed by atoms with Gasteiger partial charge in [-0.05, 0) is 73.6 Å². The van der Waals surface area contributed by atoms with Gasteiger partial charge in [-0.1, -0.05) is 126 Å². The highest BCUT2D eigenvalue weighted by atomic mass is 14.6. The summed E-state index contributed by atoms with van der Waals surface area (Å²) >= 11 is 0. The maximum Gasteiger partial charge on any atom is 0.0273 e. The summed E-state index contributed by atoms with van der Waals surface area (Å²) in [4.78, 5) is 4.08. The van der Waals surface area contributed by atoms with E-state index in [9.17, 15) is 0 Å². The summed E-state index contributed by atoms with van der Waals surface area (Å²) in [7, 11) is 0. The average molecular weight is 472 g/mol. The molecule has 0 saturated heterocycles. The van der Waals surface area contributed by atoms with Crippen LogP contribution >= 0.6 is 0 Å². The first-order valence-corrected chi connectivity index (χ1v) is 12.7. The Bertz CT molecular complexity index is 1260. The van der Waals surface area contributed by atoms with Crippen molar-refractivity contribution in [3.8, 4) is 0 Å². The standard InChI is InChI=1S/C35H37N/c1-34(2,3)31-17-13-29(14-18-31)33(30-15-19-32(20-16-30)35(4,5)6)25-28-11-9-26(10-12-28)7-8-27-21-23-36-24-22-27/h7-25H,1-6H3. The smallest absolute Gasteiger partial charge is 0.0273 e. The van der Waals surface area contributed by atoms with Gasteiger partial charge in [0.2, 0.25) is 0 Å². The van der Waals surface area contributed by atoms with Gasteiger partial charge in [-0.15, -0.1) is 0 Å². The molecule has 4 rings (SSSR count). The van der Waals surface area contributed by atoms with E-state index in [4.69, 9.17) is 0 Å². The second kappa shape index (κ2) is 10.5. The summed E-state index contributed by atoms with van der Waals surface area (Å²) in [5.41, 5.74) is 10.2. The summed E-state index contributed by atoms with van der Waals surface area (Å²) in [6.45, 7) is 13.6. The molecule has 0 unspecified atom stereocenters. The fourth-order valence-electron chi connectivity index (χ4n) is 4.17. The molecule has 0 bridgehead atoms. The molecule has 0 N–H and O–H groups in total. The second-order valence-corrected chi connectivity index (χ2v) is 11.5.